The van der Waals surface area contributed by atoms with Crippen molar-refractivity contribution in [3.05, 3.63) is 27.7 Å². The van der Waals surface area contributed by atoms with Crippen molar-refractivity contribution in [2.24, 2.45) is 0 Å². The van der Waals surface area contributed by atoms with Gasteiger partial charge >= 0.3 is 0 Å². The summed E-state index contributed by atoms with van der Waals surface area (Å²) in [4.78, 5) is 23.3. The van der Waals surface area contributed by atoms with E-state index in [4.69, 9.17) is 23.2 Å². The summed E-state index contributed by atoms with van der Waals surface area (Å²) < 4.78 is 0. The SMILES string of the molecule is CC1NC(=O)c2cc(Cl)cc(Cl)c2NC1=O. The lowest BCUT2D eigenvalue weighted by Crippen LogP contribution is -2.38. The molecule has 84 valence electrons. The fraction of sp³-hybridized carbons (Fsp3) is 0.200. The molecule has 1 unspecified atom stereocenters. The van der Waals surface area contributed by atoms with Gasteiger partial charge in [0.1, 0.15) is 6.04 Å². The number of fused-ring (bicyclic) bond motifs is 1. The monoisotopic (exact) mass is 258 g/mol. The van der Waals surface area contributed by atoms with Crippen molar-refractivity contribution in [3.63, 3.8) is 0 Å². The van der Waals surface area contributed by atoms with Gasteiger partial charge in [0.25, 0.3) is 5.91 Å². The Morgan fingerprint density at radius 2 is 1.94 bits per heavy atom. The zero-order chi connectivity index (χ0) is 11.9. The van der Waals surface area contributed by atoms with Gasteiger partial charge in [-0.15, -0.1) is 0 Å². The van der Waals surface area contributed by atoms with Crippen LogP contribution in [0.3, 0.4) is 0 Å². The zero-order valence-corrected chi connectivity index (χ0v) is 9.82. The van der Waals surface area contributed by atoms with Gasteiger partial charge in [0.15, 0.2) is 0 Å². The molecule has 0 fully saturated rings. The van der Waals surface area contributed by atoms with Crippen LogP contribution in [0.4, 0.5) is 5.69 Å². The molecule has 2 rings (SSSR count). The average molecular weight is 259 g/mol. The van der Waals surface area contributed by atoms with Crippen LogP contribution in [0.25, 0.3) is 0 Å². The summed E-state index contributed by atoms with van der Waals surface area (Å²) in [6.07, 6.45) is 0. The molecule has 1 aromatic rings. The largest absolute Gasteiger partial charge is 0.340 e. The minimum Gasteiger partial charge on any atom is -0.340 e. The Morgan fingerprint density at radius 3 is 2.62 bits per heavy atom. The summed E-state index contributed by atoms with van der Waals surface area (Å²) in [5, 5.41) is 5.72. The Hall–Kier alpha value is -1.26. The lowest BCUT2D eigenvalue weighted by atomic mass is 10.1. The van der Waals surface area contributed by atoms with Gasteiger partial charge in [0.2, 0.25) is 5.91 Å². The van der Waals surface area contributed by atoms with E-state index in [2.05, 4.69) is 10.6 Å². The van der Waals surface area contributed by atoms with E-state index in [1.165, 1.54) is 12.1 Å². The minimum atomic E-state index is -0.602. The summed E-state index contributed by atoms with van der Waals surface area (Å²) in [7, 11) is 0. The summed E-state index contributed by atoms with van der Waals surface area (Å²) in [5.74, 6) is -0.679. The maximum absolute atomic E-state index is 11.7. The molecule has 1 atom stereocenters. The molecule has 0 spiro atoms. The lowest BCUT2D eigenvalue weighted by Gasteiger charge is -2.08. The molecule has 1 aliphatic rings. The van der Waals surface area contributed by atoms with Crippen molar-refractivity contribution in [3.8, 4) is 0 Å². The van der Waals surface area contributed by atoms with Crippen molar-refractivity contribution in [1.82, 2.24) is 5.32 Å². The second-order valence-electron chi connectivity index (χ2n) is 3.49. The van der Waals surface area contributed by atoms with Crippen molar-refractivity contribution < 1.29 is 9.59 Å². The highest BCUT2D eigenvalue weighted by molar-refractivity contribution is 6.38. The molecule has 2 N–H and O–H groups in total. The van der Waals surface area contributed by atoms with Crippen LogP contribution in [0.2, 0.25) is 10.0 Å². The normalized spacial score (nSPS) is 19.6. The number of benzene rings is 1. The number of nitrogens with one attached hydrogen (secondary N) is 2. The Kier molecular flexibility index (Phi) is 2.78. The van der Waals surface area contributed by atoms with Gasteiger partial charge in [-0.3, -0.25) is 9.59 Å². The molecule has 0 saturated carbocycles. The van der Waals surface area contributed by atoms with E-state index < -0.39 is 6.04 Å². The minimum absolute atomic E-state index is 0.250. The van der Waals surface area contributed by atoms with Crippen LogP contribution in [-0.4, -0.2) is 17.9 Å². The van der Waals surface area contributed by atoms with Gasteiger partial charge in [-0.25, -0.2) is 0 Å². The molecule has 4 nitrogen and oxygen atoms in total. The number of hydrogen-bond acceptors (Lipinski definition) is 2. The van der Waals surface area contributed by atoms with Crippen LogP contribution in [0.15, 0.2) is 12.1 Å². The molecular formula is C10H8Cl2N2O2. The molecule has 1 aromatic carbocycles. The van der Waals surface area contributed by atoms with Crippen LogP contribution >= 0.6 is 23.2 Å². The van der Waals surface area contributed by atoms with Gasteiger partial charge < -0.3 is 10.6 Å². The molecule has 1 heterocycles. The first-order valence-electron chi connectivity index (χ1n) is 4.60. The van der Waals surface area contributed by atoms with E-state index in [9.17, 15) is 9.59 Å². The number of carbonyl (C=O) groups is 2. The smallest absolute Gasteiger partial charge is 0.254 e. The predicted molar refractivity (Wildman–Crippen MR) is 62.0 cm³/mol. The maximum Gasteiger partial charge on any atom is 0.254 e. The summed E-state index contributed by atoms with van der Waals surface area (Å²) in [6, 6.07) is 2.34. The molecule has 16 heavy (non-hydrogen) atoms. The number of hydrogen-bond donors (Lipinski definition) is 2. The van der Waals surface area contributed by atoms with E-state index in [1.807, 2.05) is 0 Å². The first-order valence-corrected chi connectivity index (χ1v) is 5.35. The fourth-order valence-corrected chi connectivity index (χ4v) is 1.99. The molecule has 2 amide bonds. The van der Waals surface area contributed by atoms with Gasteiger partial charge in [-0.1, -0.05) is 23.2 Å². The molecule has 0 saturated heterocycles. The van der Waals surface area contributed by atoms with Crippen LogP contribution < -0.4 is 10.6 Å². The fourth-order valence-electron chi connectivity index (χ4n) is 1.45. The van der Waals surface area contributed by atoms with Crippen molar-refractivity contribution in [1.29, 1.82) is 0 Å². The van der Waals surface area contributed by atoms with E-state index in [1.54, 1.807) is 6.92 Å². The molecule has 6 heteroatoms. The zero-order valence-electron chi connectivity index (χ0n) is 8.30. The van der Waals surface area contributed by atoms with E-state index in [0.29, 0.717) is 10.7 Å². The third-order valence-electron chi connectivity index (χ3n) is 2.29. The van der Waals surface area contributed by atoms with Gasteiger partial charge in [0.05, 0.1) is 16.3 Å². The average Bonchev–Trinajstić information content (AvgIpc) is 2.29. The van der Waals surface area contributed by atoms with Crippen molar-refractivity contribution in [2.45, 2.75) is 13.0 Å². The van der Waals surface area contributed by atoms with E-state index in [-0.39, 0.29) is 22.4 Å². The Labute approximate surface area is 102 Å². The van der Waals surface area contributed by atoms with Crippen LogP contribution in [0.1, 0.15) is 17.3 Å². The van der Waals surface area contributed by atoms with Gasteiger partial charge in [-0.2, -0.15) is 0 Å². The Balaban J connectivity index is 2.60. The second-order valence-corrected chi connectivity index (χ2v) is 4.34. The number of halogens is 2. The third-order valence-corrected chi connectivity index (χ3v) is 2.81. The summed E-state index contributed by atoms with van der Waals surface area (Å²) >= 11 is 11.7. The number of rotatable bonds is 0. The topological polar surface area (TPSA) is 58.2 Å². The number of anilines is 1. The molecule has 0 bridgehead atoms. The van der Waals surface area contributed by atoms with Crippen LogP contribution in [-0.2, 0) is 4.79 Å². The van der Waals surface area contributed by atoms with E-state index >= 15 is 0 Å². The molecular weight excluding hydrogens is 251 g/mol. The molecule has 0 aromatic heterocycles. The third kappa shape index (κ3) is 1.86. The highest BCUT2D eigenvalue weighted by atomic mass is 35.5. The highest BCUT2D eigenvalue weighted by Gasteiger charge is 2.26. The van der Waals surface area contributed by atoms with Crippen LogP contribution in [0.5, 0.6) is 0 Å². The second kappa shape index (κ2) is 3.96. The van der Waals surface area contributed by atoms with Crippen molar-refractivity contribution in [2.75, 3.05) is 5.32 Å². The first kappa shape index (κ1) is 11.2. The highest BCUT2D eigenvalue weighted by Crippen LogP contribution is 2.31. The van der Waals surface area contributed by atoms with Gasteiger partial charge in [0, 0.05) is 5.02 Å². The van der Waals surface area contributed by atoms with Gasteiger partial charge in [-0.05, 0) is 19.1 Å². The number of amides is 2. The quantitative estimate of drug-likeness (QED) is 0.749. The summed E-state index contributed by atoms with van der Waals surface area (Å²) in [6.45, 7) is 1.59. The predicted octanol–water partition coefficient (Wildman–Crippen LogP) is 2.06. The number of carbonyl (C=O) groups excluding carboxylic acids is 2. The molecule has 0 aliphatic carbocycles. The van der Waals surface area contributed by atoms with Crippen molar-refractivity contribution >= 4 is 40.7 Å². The molecule has 1 aliphatic heterocycles. The maximum atomic E-state index is 11.7. The summed E-state index contributed by atoms with van der Waals surface area (Å²) in [5.41, 5.74) is 0.577. The van der Waals surface area contributed by atoms with Crippen LogP contribution in [0, 0.1) is 0 Å². The first-order chi connectivity index (χ1) is 7.49. The Bertz CT molecular complexity index is 488. The standard InChI is InChI=1S/C10H8Cl2N2O2/c1-4-9(15)14-8-6(10(16)13-4)2-5(11)3-7(8)12/h2-4H,1H3,(H,13,16)(H,14,15). The van der Waals surface area contributed by atoms with E-state index in [0.717, 1.165) is 0 Å². The lowest BCUT2D eigenvalue weighted by molar-refractivity contribution is -0.117. The molecule has 0 radical (unpaired) electrons. The Morgan fingerprint density at radius 1 is 1.25 bits per heavy atom.